The van der Waals surface area contributed by atoms with E-state index >= 15 is 0 Å². The third-order valence-corrected chi connectivity index (χ3v) is 4.14. The summed E-state index contributed by atoms with van der Waals surface area (Å²) in [6.45, 7) is 1.72. The zero-order valence-electron chi connectivity index (χ0n) is 14.0. The molecule has 0 aromatic carbocycles. The number of fused-ring (bicyclic) bond motifs is 1. The number of aromatic nitrogens is 6. The van der Waals surface area contributed by atoms with Gasteiger partial charge >= 0.3 is 0 Å². The Morgan fingerprint density at radius 3 is 2.60 bits per heavy atom. The van der Waals surface area contributed by atoms with Crippen LogP contribution in [0.4, 0.5) is 0 Å². The zero-order chi connectivity index (χ0) is 17.7. The first kappa shape index (κ1) is 15.1. The lowest BCUT2D eigenvalue weighted by molar-refractivity contribution is 0.904. The molecular formula is C17H16N6O2. The molecular weight excluding hydrogens is 320 g/mol. The molecule has 0 atom stereocenters. The van der Waals surface area contributed by atoms with Gasteiger partial charge < -0.3 is 14.1 Å². The normalized spacial score (nSPS) is 11.3. The van der Waals surface area contributed by atoms with Crippen LogP contribution < -0.4 is 11.1 Å². The fourth-order valence-electron chi connectivity index (χ4n) is 3.01. The number of H-pyrrole nitrogens is 1. The van der Waals surface area contributed by atoms with Gasteiger partial charge in [0.1, 0.15) is 5.82 Å². The van der Waals surface area contributed by atoms with Crippen molar-refractivity contribution >= 4 is 11.0 Å². The summed E-state index contributed by atoms with van der Waals surface area (Å²) >= 11 is 0. The van der Waals surface area contributed by atoms with E-state index in [0.717, 1.165) is 11.3 Å². The summed E-state index contributed by atoms with van der Waals surface area (Å²) in [6, 6.07) is 4.71. The van der Waals surface area contributed by atoms with Crippen LogP contribution >= 0.6 is 0 Å². The van der Waals surface area contributed by atoms with E-state index in [1.807, 2.05) is 28.6 Å². The van der Waals surface area contributed by atoms with Gasteiger partial charge in [0, 0.05) is 44.2 Å². The molecule has 0 unspecified atom stereocenters. The van der Waals surface area contributed by atoms with Crippen LogP contribution in [0.25, 0.3) is 28.1 Å². The summed E-state index contributed by atoms with van der Waals surface area (Å²) in [5, 5.41) is 0. The van der Waals surface area contributed by atoms with Gasteiger partial charge in [0.25, 0.3) is 11.1 Å². The molecule has 0 amide bonds. The molecule has 8 heteroatoms. The highest BCUT2D eigenvalue weighted by Crippen LogP contribution is 2.29. The predicted molar refractivity (Wildman–Crippen MR) is 93.9 cm³/mol. The number of imidazole rings is 1. The molecule has 4 rings (SSSR count). The van der Waals surface area contributed by atoms with Crippen molar-refractivity contribution in [2.75, 3.05) is 0 Å². The van der Waals surface area contributed by atoms with E-state index in [2.05, 4.69) is 15.0 Å². The summed E-state index contributed by atoms with van der Waals surface area (Å²) in [6.07, 6.45) is 5.44. The average Bonchev–Trinajstić information content (AvgIpc) is 3.14. The van der Waals surface area contributed by atoms with Crippen molar-refractivity contribution in [3.05, 3.63) is 63.5 Å². The maximum absolute atomic E-state index is 12.1. The molecule has 0 aliphatic heterocycles. The van der Waals surface area contributed by atoms with E-state index < -0.39 is 0 Å². The number of hydrogen-bond acceptors (Lipinski definition) is 4. The van der Waals surface area contributed by atoms with Gasteiger partial charge in [0.05, 0.1) is 23.1 Å². The smallest absolute Gasteiger partial charge is 0.251 e. The van der Waals surface area contributed by atoms with Crippen LogP contribution in [-0.4, -0.2) is 28.7 Å². The first-order chi connectivity index (χ1) is 11.9. The molecule has 0 saturated carbocycles. The fourth-order valence-corrected chi connectivity index (χ4v) is 3.01. The summed E-state index contributed by atoms with van der Waals surface area (Å²) in [4.78, 5) is 35.5. The molecule has 1 N–H and O–H groups in total. The standard InChI is InChI=1S/C17H16N6O2/c1-10-19-12(6-15(24)20-10)11-7-23(14-8-21(2)9-18-14)13-4-5-16(25)22(3)17(11)13/h4-9H,1-3H3,(H,19,20,24). The average molecular weight is 336 g/mol. The molecule has 8 nitrogen and oxygen atoms in total. The van der Waals surface area contributed by atoms with Gasteiger partial charge in [0.15, 0.2) is 5.82 Å². The number of rotatable bonds is 2. The number of pyridine rings is 1. The van der Waals surface area contributed by atoms with Crippen LogP contribution in [0.5, 0.6) is 0 Å². The van der Waals surface area contributed by atoms with Crippen molar-refractivity contribution in [1.82, 2.24) is 28.7 Å². The van der Waals surface area contributed by atoms with Crippen molar-refractivity contribution in [3.63, 3.8) is 0 Å². The molecule has 0 radical (unpaired) electrons. The number of nitrogens with zero attached hydrogens (tertiary/aromatic N) is 5. The Bertz CT molecular complexity index is 1220. The zero-order valence-corrected chi connectivity index (χ0v) is 14.0. The number of aryl methyl sites for hydroxylation is 3. The highest BCUT2D eigenvalue weighted by atomic mass is 16.1. The second-order valence-corrected chi connectivity index (χ2v) is 5.99. The van der Waals surface area contributed by atoms with Gasteiger partial charge in [-0.3, -0.25) is 14.2 Å². The van der Waals surface area contributed by atoms with Crippen LogP contribution in [0.15, 0.2) is 46.5 Å². The van der Waals surface area contributed by atoms with Crippen LogP contribution in [0.1, 0.15) is 5.82 Å². The lowest BCUT2D eigenvalue weighted by atomic mass is 10.2. The van der Waals surface area contributed by atoms with E-state index in [0.29, 0.717) is 22.6 Å². The maximum Gasteiger partial charge on any atom is 0.251 e. The highest BCUT2D eigenvalue weighted by molar-refractivity contribution is 5.93. The molecule has 4 heterocycles. The fraction of sp³-hybridized carbons (Fsp3) is 0.176. The Hall–Kier alpha value is -3.42. The minimum Gasteiger partial charge on any atom is -0.338 e. The lowest BCUT2D eigenvalue weighted by Gasteiger charge is -2.04. The van der Waals surface area contributed by atoms with Crippen molar-refractivity contribution in [2.45, 2.75) is 6.92 Å². The summed E-state index contributed by atoms with van der Waals surface area (Å²) in [5.74, 6) is 1.24. The van der Waals surface area contributed by atoms with Crippen molar-refractivity contribution in [1.29, 1.82) is 0 Å². The topological polar surface area (TPSA) is 90.5 Å². The summed E-state index contributed by atoms with van der Waals surface area (Å²) in [7, 11) is 3.59. The molecule has 0 saturated heterocycles. The summed E-state index contributed by atoms with van der Waals surface area (Å²) < 4.78 is 5.29. The van der Waals surface area contributed by atoms with Crippen LogP contribution in [0, 0.1) is 6.92 Å². The van der Waals surface area contributed by atoms with E-state index in [1.54, 1.807) is 30.9 Å². The van der Waals surface area contributed by atoms with E-state index in [9.17, 15) is 9.59 Å². The quantitative estimate of drug-likeness (QED) is 0.594. The van der Waals surface area contributed by atoms with Crippen LogP contribution in [-0.2, 0) is 14.1 Å². The minimum absolute atomic E-state index is 0.130. The van der Waals surface area contributed by atoms with Crippen molar-refractivity contribution in [3.8, 4) is 17.1 Å². The second-order valence-electron chi connectivity index (χ2n) is 5.99. The molecule has 0 aliphatic rings. The SMILES string of the molecule is Cc1nc(-c2cn(-c3cn(C)cn3)c3ccc(=O)n(C)c23)cc(=O)[nH]1. The monoisotopic (exact) mass is 336 g/mol. The third-order valence-electron chi connectivity index (χ3n) is 4.14. The molecule has 0 bridgehead atoms. The Balaban J connectivity index is 2.12. The van der Waals surface area contributed by atoms with Gasteiger partial charge in [-0.05, 0) is 13.0 Å². The van der Waals surface area contributed by atoms with Gasteiger partial charge in [-0.15, -0.1) is 0 Å². The number of aromatic amines is 1. The van der Waals surface area contributed by atoms with E-state index in [1.165, 1.54) is 12.1 Å². The largest absolute Gasteiger partial charge is 0.338 e. The number of hydrogen-bond donors (Lipinski definition) is 1. The van der Waals surface area contributed by atoms with Crippen LogP contribution in [0.2, 0.25) is 0 Å². The van der Waals surface area contributed by atoms with Crippen molar-refractivity contribution < 1.29 is 0 Å². The third kappa shape index (κ3) is 2.38. The highest BCUT2D eigenvalue weighted by Gasteiger charge is 2.17. The Morgan fingerprint density at radius 1 is 1.12 bits per heavy atom. The predicted octanol–water partition coefficient (Wildman–Crippen LogP) is 1.12. The lowest BCUT2D eigenvalue weighted by Crippen LogP contribution is -2.15. The second kappa shape index (κ2) is 5.30. The first-order valence-corrected chi connectivity index (χ1v) is 7.72. The number of nitrogens with one attached hydrogen (secondary N) is 1. The van der Waals surface area contributed by atoms with Gasteiger partial charge in [-0.1, -0.05) is 0 Å². The molecule has 4 aromatic heterocycles. The van der Waals surface area contributed by atoms with Gasteiger partial charge in [0.2, 0.25) is 0 Å². The molecule has 25 heavy (non-hydrogen) atoms. The molecule has 126 valence electrons. The van der Waals surface area contributed by atoms with Gasteiger partial charge in [-0.2, -0.15) is 0 Å². The van der Waals surface area contributed by atoms with Crippen LogP contribution in [0.3, 0.4) is 0 Å². The Labute approximate surface area is 142 Å². The molecule has 4 aromatic rings. The molecule has 0 aliphatic carbocycles. The first-order valence-electron chi connectivity index (χ1n) is 7.72. The van der Waals surface area contributed by atoms with Crippen molar-refractivity contribution in [2.24, 2.45) is 14.1 Å². The molecule has 0 spiro atoms. The Morgan fingerprint density at radius 2 is 1.92 bits per heavy atom. The molecule has 0 fully saturated rings. The summed E-state index contributed by atoms with van der Waals surface area (Å²) in [5.41, 5.74) is 2.37. The maximum atomic E-state index is 12.1. The van der Waals surface area contributed by atoms with Gasteiger partial charge in [-0.25, -0.2) is 9.97 Å². The minimum atomic E-state index is -0.234. The van der Waals surface area contributed by atoms with E-state index in [-0.39, 0.29) is 11.1 Å². The van der Waals surface area contributed by atoms with E-state index in [4.69, 9.17) is 0 Å². The Kier molecular flexibility index (Phi) is 3.21.